The van der Waals surface area contributed by atoms with E-state index < -0.39 is 5.97 Å². The molecule has 0 spiro atoms. The fourth-order valence-electron chi connectivity index (χ4n) is 3.07. The molecule has 0 saturated carbocycles. The van der Waals surface area contributed by atoms with Crippen molar-refractivity contribution in [2.24, 2.45) is 0 Å². The van der Waals surface area contributed by atoms with Crippen LogP contribution in [0.2, 0.25) is 5.15 Å². The highest BCUT2D eigenvalue weighted by atomic mass is 35.5. The minimum Gasteiger partial charge on any atom is -0.476 e. The number of carbonyl (C=O) groups excluding carboxylic acids is 1. The van der Waals surface area contributed by atoms with Crippen molar-refractivity contribution >= 4 is 23.9 Å². The van der Waals surface area contributed by atoms with E-state index in [4.69, 9.17) is 11.6 Å². The fourth-order valence-corrected chi connectivity index (χ4v) is 3.33. The standard InChI is InChI=1S/C16H16ClN3O3/c17-15-14(16(22)23)20(13(10-21)18-15)12-6-7-19(9-12)8-11-4-2-1-3-5-11/h1-5,10,12H,6-9H2,(H,22,23)/t12-/m1/s1. The number of hydrogen-bond acceptors (Lipinski definition) is 4. The minimum absolute atomic E-state index is 0.0685. The molecular formula is C16H16ClN3O3. The lowest BCUT2D eigenvalue weighted by Crippen LogP contribution is -2.23. The van der Waals surface area contributed by atoms with Gasteiger partial charge in [-0.25, -0.2) is 9.78 Å². The third-order valence-corrected chi connectivity index (χ3v) is 4.33. The van der Waals surface area contributed by atoms with Gasteiger partial charge in [0, 0.05) is 19.6 Å². The summed E-state index contributed by atoms with van der Waals surface area (Å²) in [5.74, 6) is -1.10. The van der Waals surface area contributed by atoms with E-state index in [1.807, 2.05) is 18.2 Å². The summed E-state index contributed by atoms with van der Waals surface area (Å²) >= 11 is 5.88. The molecule has 1 aromatic heterocycles. The van der Waals surface area contributed by atoms with E-state index in [2.05, 4.69) is 22.0 Å². The Kier molecular flexibility index (Phi) is 4.45. The molecule has 1 aromatic carbocycles. The van der Waals surface area contributed by atoms with Gasteiger partial charge in [0.05, 0.1) is 6.04 Å². The Morgan fingerprint density at radius 2 is 2.13 bits per heavy atom. The highest BCUT2D eigenvalue weighted by molar-refractivity contribution is 6.32. The van der Waals surface area contributed by atoms with Crippen molar-refractivity contribution in [3.8, 4) is 0 Å². The average molecular weight is 334 g/mol. The number of halogens is 1. The lowest BCUT2D eigenvalue weighted by Gasteiger charge is -2.18. The summed E-state index contributed by atoms with van der Waals surface area (Å²) in [5, 5.41) is 9.20. The summed E-state index contributed by atoms with van der Waals surface area (Å²) in [7, 11) is 0. The summed E-state index contributed by atoms with van der Waals surface area (Å²) in [4.78, 5) is 28.7. The van der Waals surface area contributed by atoms with Crippen molar-refractivity contribution in [2.45, 2.75) is 19.0 Å². The van der Waals surface area contributed by atoms with Crippen molar-refractivity contribution in [1.82, 2.24) is 14.5 Å². The number of nitrogens with zero attached hydrogens (tertiary/aromatic N) is 3. The number of aldehydes is 1. The number of aromatic carboxylic acids is 1. The van der Waals surface area contributed by atoms with Crippen LogP contribution in [0.3, 0.4) is 0 Å². The number of imidazole rings is 1. The maximum atomic E-state index is 11.4. The summed E-state index contributed by atoms with van der Waals surface area (Å²) in [6, 6.07) is 9.95. The fraction of sp³-hybridized carbons (Fsp3) is 0.312. The van der Waals surface area contributed by atoms with Crippen LogP contribution in [-0.4, -0.2) is 44.9 Å². The molecule has 6 nitrogen and oxygen atoms in total. The number of carbonyl (C=O) groups is 2. The number of rotatable bonds is 5. The Hall–Kier alpha value is -2.18. The monoisotopic (exact) mass is 333 g/mol. The molecule has 2 heterocycles. The Bertz CT molecular complexity index is 730. The summed E-state index contributed by atoms with van der Waals surface area (Å²) < 4.78 is 1.46. The number of carboxylic acids is 1. The number of hydrogen-bond donors (Lipinski definition) is 1. The normalized spacial score (nSPS) is 18.2. The molecular weight excluding hydrogens is 318 g/mol. The van der Waals surface area contributed by atoms with Crippen molar-refractivity contribution in [1.29, 1.82) is 0 Å². The lowest BCUT2D eigenvalue weighted by molar-refractivity contribution is 0.0682. The minimum atomic E-state index is -1.17. The zero-order valence-electron chi connectivity index (χ0n) is 12.4. The van der Waals surface area contributed by atoms with Crippen LogP contribution in [0.1, 0.15) is 39.1 Å². The Morgan fingerprint density at radius 1 is 1.39 bits per heavy atom. The number of aromatic nitrogens is 2. The van der Waals surface area contributed by atoms with Gasteiger partial charge in [0.2, 0.25) is 0 Å². The predicted octanol–water partition coefficient (Wildman–Crippen LogP) is 2.49. The molecule has 1 atom stereocenters. The van der Waals surface area contributed by atoms with E-state index in [9.17, 15) is 14.7 Å². The highest BCUT2D eigenvalue weighted by Gasteiger charge is 2.31. The molecule has 120 valence electrons. The predicted molar refractivity (Wildman–Crippen MR) is 85.0 cm³/mol. The first-order chi connectivity index (χ1) is 11.1. The van der Waals surface area contributed by atoms with Gasteiger partial charge in [-0.3, -0.25) is 9.69 Å². The molecule has 0 bridgehead atoms. The SMILES string of the molecule is O=Cc1nc(Cl)c(C(=O)O)n1[C@@H]1CCN(Cc2ccccc2)C1. The molecule has 3 rings (SSSR count). The van der Waals surface area contributed by atoms with Gasteiger partial charge in [-0.2, -0.15) is 0 Å². The van der Waals surface area contributed by atoms with Gasteiger partial charge in [0.15, 0.2) is 23.0 Å². The quantitative estimate of drug-likeness (QED) is 0.851. The zero-order chi connectivity index (χ0) is 16.4. The van der Waals surface area contributed by atoms with Crippen molar-refractivity contribution < 1.29 is 14.7 Å². The molecule has 1 N–H and O–H groups in total. The van der Waals surface area contributed by atoms with Crippen LogP contribution >= 0.6 is 11.6 Å². The molecule has 1 aliphatic rings. The second-order valence-corrected chi connectivity index (χ2v) is 5.92. The van der Waals surface area contributed by atoms with E-state index in [0.29, 0.717) is 12.8 Å². The van der Waals surface area contributed by atoms with E-state index in [1.54, 1.807) is 0 Å². The van der Waals surface area contributed by atoms with Crippen molar-refractivity contribution in [2.75, 3.05) is 13.1 Å². The van der Waals surface area contributed by atoms with Crippen molar-refractivity contribution in [3.63, 3.8) is 0 Å². The number of likely N-dealkylation sites (tertiary alicyclic amines) is 1. The van der Waals surface area contributed by atoms with Gasteiger partial charge >= 0.3 is 5.97 Å². The van der Waals surface area contributed by atoms with Gasteiger partial charge in [0.25, 0.3) is 0 Å². The van der Waals surface area contributed by atoms with E-state index in [1.165, 1.54) is 10.1 Å². The smallest absolute Gasteiger partial charge is 0.355 e. The largest absolute Gasteiger partial charge is 0.476 e. The van der Waals surface area contributed by atoms with E-state index in [-0.39, 0.29) is 22.7 Å². The Labute approximate surface area is 138 Å². The third-order valence-electron chi connectivity index (χ3n) is 4.07. The van der Waals surface area contributed by atoms with Crippen LogP contribution in [0.15, 0.2) is 30.3 Å². The summed E-state index contributed by atoms with van der Waals surface area (Å²) in [6.07, 6.45) is 1.30. The van der Waals surface area contributed by atoms with Gasteiger partial charge < -0.3 is 9.67 Å². The molecule has 0 aliphatic carbocycles. The van der Waals surface area contributed by atoms with Crippen LogP contribution in [0, 0.1) is 0 Å². The third kappa shape index (κ3) is 3.13. The molecule has 2 aromatic rings. The maximum absolute atomic E-state index is 11.4. The first kappa shape index (κ1) is 15.7. The van der Waals surface area contributed by atoms with Crippen LogP contribution < -0.4 is 0 Å². The van der Waals surface area contributed by atoms with Gasteiger partial charge in [-0.1, -0.05) is 41.9 Å². The molecule has 1 saturated heterocycles. The summed E-state index contributed by atoms with van der Waals surface area (Å²) in [5.41, 5.74) is 1.09. The lowest BCUT2D eigenvalue weighted by atomic mass is 10.2. The number of carboxylic acid groups (broad SMARTS) is 1. The first-order valence-electron chi connectivity index (χ1n) is 7.32. The second-order valence-electron chi connectivity index (χ2n) is 5.57. The molecule has 0 unspecified atom stereocenters. The van der Waals surface area contributed by atoms with E-state index in [0.717, 1.165) is 19.5 Å². The number of benzene rings is 1. The van der Waals surface area contributed by atoms with Gasteiger partial charge in [-0.05, 0) is 12.0 Å². The molecule has 1 fully saturated rings. The second kappa shape index (κ2) is 6.52. The van der Waals surface area contributed by atoms with Crippen LogP contribution in [-0.2, 0) is 6.54 Å². The topological polar surface area (TPSA) is 75.4 Å². The molecule has 7 heteroatoms. The Morgan fingerprint density at radius 3 is 2.78 bits per heavy atom. The summed E-state index contributed by atoms with van der Waals surface area (Å²) in [6.45, 7) is 2.27. The highest BCUT2D eigenvalue weighted by Crippen LogP contribution is 2.29. The van der Waals surface area contributed by atoms with Crippen LogP contribution in [0.5, 0.6) is 0 Å². The van der Waals surface area contributed by atoms with Gasteiger partial charge in [-0.15, -0.1) is 0 Å². The zero-order valence-corrected chi connectivity index (χ0v) is 13.1. The first-order valence-corrected chi connectivity index (χ1v) is 7.70. The average Bonchev–Trinajstić information content (AvgIpc) is 3.11. The molecule has 1 aliphatic heterocycles. The van der Waals surface area contributed by atoms with Crippen LogP contribution in [0.25, 0.3) is 0 Å². The van der Waals surface area contributed by atoms with Crippen molar-refractivity contribution in [3.05, 3.63) is 52.6 Å². The molecule has 0 amide bonds. The van der Waals surface area contributed by atoms with E-state index >= 15 is 0 Å². The van der Waals surface area contributed by atoms with Crippen LogP contribution in [0.4, 0.5) is 0 Å². The molecule has 23 heavy (non-hydrogen) atoms. The molecule has 0 radical (unpaired) electrons. The van der Waals surface area contributed by atoms with Gasteiger partial charge in [0.1, 0.15) is 0 Å². The Balaban J connectivity index is 1.81. The maximum Gasteiger partial charge on any atom is 0.355 e.